The molecule has 1 atom stereocenters. The van der Waals surface area contributed by atoms with E-state index in [0.717, 1.165) is 50.8 Å². The molecular formula is C26H41N5O5. The van der Waals surface area contributed by atoms with E-state index in [1.165, 1.54) is 0 Å². The number of primary amides is 1. The number of nitrogens with two attached hydrogens (primary N) is 1. The summed E-state index contributed by atoms with van der Waals surface area (Å²) >= 11 is 0. The number of alkyl carbamates (subject to hydrolysis) is 1. The van der Waals surface area contributed by atoms with E-state index >= 15 is 0 Å². The summed E-state index contributed by atoms with van der Waals surface area (Å²) in [5.74, 6) is -0.369. The van der Waals surface area contributed by atoms with Crippen molar-refractivity contribution in [2.75, 3.05) is 32.7 Å². The summed E-state index contributed by atoms with van der Waals surface area (Å²) in [5, 5.41) is 8.80. The number of amides is 4. The predicted octanol–water partition coefficient (Wildman–Crippen LogP) is 1.83. The number of hydrogen-bond donors (Lipinski definition) is 4. The first-order valence-corrected chi connectivity index (χ1v) is 13.0. The molecule has 1 aliphatic rings. The fraction of sp³-hybridized carbons (Fsp3) is 0.615. The van der Waals surface area contributed by atoms with Crippen LogP contribution in [0.25, 0.3) is 0 Å². The number of hydrogen-bond acceptors (Lipinski definition) is 6. The van der Waals surface area contributed by atoms with Gasteiger partial charge in [-0.25, -0.2) is 4.79 Å². The SMILES string of the molecule is NC(=O)CCC(NCCCCCC(=O)NCCCNC(=O)OCc1ccccc1)C(=O)N1CCCC1. The van der Waals surface area contributed by atoms with Gasteiger partial charge in [-0.05, 0) is 50.6 Å². The topological polar surface area (TPSA) is 143 Å². The highest BCUT2D eigenvalue weighted by atomic mass is 16.5. The van der Waals surface area contributed by atoms with Crippen LogP contribution in [0, 0.1) is 0 Å². The number of ether oxygens (including phenoxy) is 1. The number of likely N-dealkylation sites (tertiary alicyclic amines) is 1. The number of rotatable bonds is 17. The van der Waals surface area contributed by atoms with Crippen LogP contribution in [0.1, 0.15) is 63.4 Å². The molecule has 36 heavy (non-hydrogen) atoms. The van der Waals surface area contributed by atoms with Crippen LogP contribution in [0.5, 0.6) is 0 Å². The molecule has 200 valence electrons. The fourth-order valence-corrected chi connectivity index (χ4v) is 3.99. The van der Waals surface area contributed by atoms with Crippen LogP contribution in [0.3, 0.4) is 0 Å². The lowest BCUT2D eigenvalue weighted by Gasteiger charge is -2.24. The zero-order valence-corrected chi connectivity index (χ0v) is 21.1. The number of nitrogens with zero attached hydrogens (tertiary/aromatic N) is 1. The van der Waals surface area contributed by atoms with E-state index in [-0.39, 0.29) is 30.9 Å². The second kappa shape index (κ2) is 17.3. The third kappa shape index (κ3) is 12.5. The largest absolute Gasteiger partial charge is 0.445 e. The molecule has 0 bridgehead atoms. The maximum Gasteiger partial charge on any atom is 0.407 e. The lowest BCUT2D eigenvalue weighted by molar-refractivity contribution is -0.132. The molecule has 1 aromatic carbocycles. The minimum absolute atomic E-state index is 0.0156. The first-order chi connectivity index (χ1) is 17.5. The van der Waals surface area contributed by atoms with E-state index < -0.39 is 12.0 Å². The Hall–Kier alpha value is -3.14. The summed E-state index contributed by atoms with van der Waals surface area (Å²) in [6, 6.07) is 9.07. The Morgan fingerprint density at radius 3 is 2.33 bits per heavy atom. The Morgan fingerprint density at radius 2 is 1.61 bits per heavy atom. The van der Waals surface area contributed by atoms with Gasteiger partial charge in [0.05, 0.1) is 6.04 Å². The monoisotopic (exact) mass is 503 g/mol. The van der Waals surface area contributed by atoms with Gasteiger partial charge >= 0.3 is 6.09 Å². The molecule has 2 rings (SSSR count). The third-order valence-electron chi connectivity index (χ3n) is 6.02. The van der Waals surface area contributed by atoms with Crippen molar-refractivity contribution in [3.05, 3.63) is 35.9 Å². The summed E-state index contributed by atoms with van der Waals surface area (Å²) in [4.78, 5) is 49.4. The lowest BCUT2D eigenvalue weighted by atomic mass is 10.1. The zero-order valence-electron chi connectivity index (χ0n) is 21.1. The van der Waals surface area contributed by atoms with Gasteiger partial charge in [-0.2, -0.15) is 0 Å². The smallest absolute Gasteiger partial charge is 0.407 e. The molecule has 1 fully saturated rings. The second-order valence-electron chi connectivity index (χ2n) is 9.05. The lowest BCUT2D eigenvalue weighted by Crippen LogP contribution is -2.46. The summed E-state index contributed by atoms with van der Waals surface area (Å²) in [6.45, 7) is 3.33. The standard InChI is InChI=1S/C26H41N5O5/c27-23(32)14-13-22(25(34)31-18-7-8-19-31)28-15-6-2-5-12-24(33)29-16-9-17-30-26(35)36-20-21-10-3-1-4-11-21/h1,3-4,10-11,22,28H,2,5-9,12-20H2,(H2,27,32)(H,29,33)(H,30,35). The fourth-order valence-electron chi connectivity index (χ4n) is 3.99. The number of nitrogens with one attached hydrogen (secondary N) is 3. The Labute approximate surface area is 213 Å². The summed E-state index contributed by atoms with van der Waals surface area (Å²) < 4.78 is 5.13. The Morgan fingerprint density at radius 1 is 0.889 bits per heavy atom. The molecule has 1 aromatic rings. The molecule has 0 radical (unpaired) electrons. The molecule has 0 saturated carbocycles. The molecule has 5 N–H and O–H groups in total. The number of unbranched alkanes of at least 4 members (excludes halogenated alkanes) is 2. The molecule has 1 saturated heterocycles. The molecule has 0 aromatic heterocycles. The van der Waals surface area contributed by atoms with Crippen molar-refractivity contribution < 1.29 is 23.9 Å². The number of benzene rings is 1. The Bertz CT molecular complexity index is 814. The molecular weight excluding hydrogens is 462 g/mol. The average molecular weight is 504 g/mol. The van der Waals surface area contributed by atoms with Gasteiger partial charge in [0.1, 0.15) is 6.61 Å². The molecule has 10 heteroatoms. The van der Waals surface area contributed by atoms with Gasteiger partial charge in [-0.1, -0.05) is 36.8 Å². The first-order valence-electron chi connectivity index (χ1n) is 13.0. The van der Waals surface area contributed by atoms with Gasteiger partial charge in [-0.3, -0.25) is 14.4 Å². The summed E-state index contributed by atoms with van der Waals surface area (Å²) in [6.07, 6.45) is 5.66. The van der Waals surface area contributed by atoms with E-state index in [1.54, 1.807) is 0 Å². The highest BCUT2D eigenvalue weighted by molar-refractivity contribution is 5.83. The van der Waals surface area contributed by atoms with Crippen molar-refractivity contribution in [2.45, 2.75) is 70.4 Å². The van der Waals surface area contributed by atoms with Crippen molar-refractivity contribution >= 4 is 23.8 Å². The quantitative estimate of drug-likeness (QED) is 0.239. The van der Waals surface area contributed by atoms with Gasteiger partial charge in [0, 0.05) is 39.0 Å². The van der Waals surface area contributed by atoms with Gasteiger partial charge < -0.3 is 31.3 Å². The van der Waals surface area contributed by atoms with E-state index in [2.05, 4.69) is 16.0 Å². The van der Waals surface area contributed by atoms with E-state index in [9.17, 15) is 19.2 Å². The van der Waals surface area contributed by atoms with E-state index in [4.69, 9.17) is 10.5 Å². The molecule has 4 amide bonds. The maximum atomic E-state index is 12.7. The van der Waals surface area contributed by atoms with E-state index in [1.807, 2.05) is 35.2 Å². The Balaban J connectivity index is 1.47. The molecule has 1 unspecified atom stereocenters. The van der Waals surface area contributed by atoms with Crippen LogP contribution in [-0.4, -0.2) is 67.5 Å². The van der Waals surface area contributed by atoms with Crippen molar-refractivity contribution in [2.24, 2.45) is 5.73 Å². The van der Waals surface area contributed by atoms with Crippen LogP contribution in [0.4, 0.5) is 4.79 Å². The van der Waals surface area contributed by atoms with Crippen LogP contribution >= 0.6 is 0 Å². The number of carbonyl (C=O) groups is 4. The molecule has 0 aliphatic carbocycles. The van der Waals surface area contributed by atoms with Gasteiger partial charge in [-0.15, -0.1) is 0 Å². The minimum atomic E-state index is -0.474. The minimum Gasteiger partial charge on any atom is -0.445 e. The van der Waals surface area contributed by atoms with E-state index in [0.29, 0.717) is 38.9 Å². The highest BCUT2D eigenvalue weighted by Gasteiger charge is 2.26. The normalized spacial score (nSPS) is 13.7. The number of carbonyl (C=O) groups excluding carboxylic acids is 4. The molecule has 10 nitrogen and oxygen atoms in total. The highest BCUT2D eigenvalue weighted by Crippen LogP contribution is 2.12. The summed E-state index contributed by atoms with van der Waals surface area (Å²) in [7, 11) is 0. The maximum absolute atomic E-state index is 12.7. The Kier molecular flexibility index (Phi) is 14.0. The zero-order chi connectivity index (χ0) is 26.0. The van der Waals surface area contributed by atoms with Gasteiger partial charge in [0.2, 0.25) is 17.7 Å². The van der Waals surface area contributed by atoms with Gasteiger partial charge in [0.25, 0.3) is 0 Å². The third-order valence-corrected chi connectivity index (χ3v) is 6.02. The van der Waals surface area contributed by atoms with Crippen molar-refractivity contribution in [1.82, 2.24) is 20.9 Å². The van der Waals surface area contributed by atoms with Crippen molar-refractivity contribution in [1.29, 1.82) is 0 Å². The first kappa shape index (κ1) is 29.1. The van der Waals surface area contributed by atoms with Crippen LogP contribution < -0.4 is 21.7 Å². The second-order valence-corrected chi connectivity index (χ2v) is 9.05. The summed E-state index contributed by atoms with van der Waals surface area (Å²) in [5.41, 5.74) is 6.19. The molecule has 0 spiro atoms. The van der Waals surface area contributed by atoms with Crippen molar-refractivity contribution in [3.8, 4) is 0 Å². The molecule has 1 aliphatic heterocycles. The van der Waals surface area contributed by atoms with Crippen LogP contribution in [0.2, 0.25) is 0 Å². The van der Waals surface area contributed by atoms with Crippen LogP contribution in [-0.2, 0) is 25.7 Å². The average Bonchev–Trinajstić information content (AvgIpc) is 3.41. The predicted molar refractivity (Wildman–Crippen MR) is 137 cm³/mol. The van der Waals surface area contributed by atoms with Crippen molar-refractivity contribution in [3.63, 3.8) is 0 Å². The van der Waals surface area contributed by atoms with Gasteiger partial charge in [0.15, 0.2) is 0 Å². The molecule has 1 heterocycles. The van der Waals surface area contributed by atoms with Crippen LogP contribution in [0.15, 0.2) is 30.3 Å².